The van der Waals surface area contributed by atoms with E-state index in [4.69, 9.17) is 4.74 Å². The predicted octanol–water partition coefficient (Wildman–Crippen LogP) is 1.06. The summed E-state index contributed by atoms with van der Waals surface area (Å²) in [6.45, 7) is 0.321. The van der Waals surface area contributed by atoms with Crippen LogP contribution in [0.15, 0.2) is 18.2 Å². The summed E-state index contributed by atoms with van der Waals surface area (Å²) in [7, 11) is 2.61. The van der Waals surface area contributed by atoms with Crippen molar-refractivity contribution in [2.75, 3.05) is 20.8 Å². The minimum Gasteiger partial charge on any atom is -0.494 e. The fraction of sp³-hybridized carbons (Fsp3) is 0.385. The minimum absolute atomic E-state index is 0.179. The summed E-state index contributed by atoms with van der Waals surface area (Å²) in [5.41, 5.74) is 0.733. The van der Waals surface area contributed by atoms with Crippen LogP contribution >= 0.6 is 0 Å². The maximum atomic E-state index is 13.4. The van der Waals surface area contributed by atoms with Gasteiger partial charge in [0, 0.05) is 6.54 Å². The summed E-state index contributed by atoms with van der Waals surface area (Å²) in [5, 5.41) is 2.55. The lowest BCUT2D eigenvalue weighted by Crippen LogP contribution is -2.28. The van der Waals surface area contributed by atoms with Crippen LogP contribution in [0.5, 0.6) is 5.75 Å². The summed E-state index contributed by atoms with van der Waals surface area (Å²) in [6.07, 6.45) is 0.154. The molecular formula is C13H16FNO4. The first-order chi connectivity index (χ1) is 9.06. The molecule has 0 saturated heterocycles. The van der Waals surface area contributed by atoms with E-state index in [2.05, 4.69) is 10.1 Å². The van der Waals surface area contributed by atoms with E-state index in [0.29, 0.717) is 13.0 Å². The molecule has 19 heavy (non-hydrogen) atoms. The Balaban J connectivity index is 2.39. The van der Waals surface area contributed by atoms with E-state index >= 15 is 0 Å². The number of hydrogen-bond acceptors (Lipinski definition) is 4. The van der Waals surface area contributed by atoms with Gasteiger partial charge in [-0.1, -0.05) is 6.07 Å². The smallest absolute Gasteiger partial charge is 0.315 e. The molecule has 0 saturated carbocycles. The number of rotatable bonds is 6. The van der Waals surface area contributed by atoms with Gasteiger partial charge in [0.25, 0.3) is 0 Å². The molecule has 0 aliphatic rings. The van der Waals surface area contributed by atoms with Crippen molar-refractivity contribution in [3.63, 3.8) is 0 Å². The number of carbonyl (C=O) groups excluding carboxylic acids is 2. The molecular weight excluding hydrogens is 253 g/mol. The maximum Gasteiger partial charge on any atom is 0.315 e. The molecule has 6 heteroatoms. The van der Waals surface area contributed by atoms with Crippen LogP contribution in [0.4, 0.5) is 4.39 Å². The second-order valence-corrected chi connectivity index (χ2v) is 3.82. The van der Waals surface area contributed by atoms with Crippen LogP contribution < -0.4 is 10.1 Å². The van der Waals surface area contributed by atoms with Gasteiger partial charge in [-0.3, -0.25) is 9.59 Å². The number of hydrogen-bond donors (Lipinski definition) is 1. The highest BCUT2D eigenvalue weighted by molar-refractivity contribution is 5.94. The SMILES string of the molecule is COC(=O)CC(=O)NCCc1ccc(OC)c(F)c1. The number of amides is 1. The quantitative estimate of drug-likeness (QED) is 0.619. The molecule has 1 aromatic carbocycles. The van der Waals surface area contributed by atoms with Gasteiger partial charge >= 0.3 is 5.97 Å². The van der Waals surface area contributed by atoms with Gasteiger partial charge in [0.15, 0.2) is 11.6 Å². The number of benzene rings is 1. The summed E-state index contributed by atoms with van der Waals surface area (Å²) in [4.78, 5) is 22.1. The summed E-state index contributed by atoms with van der Waals surface area (Å²) in [5.74, 6) is -1.27. The predicted molar refractivity (Wildman–Crippen MR) is 66.3 cm³/mol. The van der Waals surface area contributed by atoms with Crippen molar-refractivity contribution < 1.29 is 23.5 Å². The molecule has 1 amide bonds. The number of esters is 1. The van der Waals surface area contributed by atoms with Crippen LogP contribution in [0.2, 0.25) is 0 Å². The largest absolute Gasteiger partial charge is 0.494 e. The molecule has 0 aliphatic carbocycles. The number of halogens is 1. The van der Waals surface area contributed by atoms with E-state index in [1.165, 1.54) is 26.4 Å². The Morgan fingerprint density at radius 2 is 2.05 bits per heavy atom. The third-order valence-corrected chi connectivity index (χ3v) is 2.48. The topological polar surface area (TPSA) is 64.6 Å². The Kier molecular flexibility index (Phi) is 5.78. The Labute approximate surface area is 110 Å². The first kappa shape index (κ1) is 14.9. The lowest BCUT2D eigenvalue weighted by molar-refractivity contribution is -0.143. The van der Waals surface area contributed by atoms with Crippen molar-refractivity contribution in [3.05, 3.63) is 29.6 Å². The van der Waals surface area contributed by atoms with E-state index < -0.39 is 17.7 Å². The zero-order valence-electron chi connectivity index (χ0n) is 10.9. The van der Waals surface area contributed by atoms with Gasteiger partial charge in [0.05, 0.1) is 14.2 Å². The van der Waals surface area contributed by atoms with Crippen LogP contribution in [-0.4, -0.2) is 32.6 Å². The molecule has 0 spiro atoms. The van der Waals surface area contributed by atoms with E-state index in [1.54, 1.807) is 6.07 Å². The third kappa shape index (κ3) is 4.95. The van der Waals surface area contributed by atoms with Crippen molar-refractivity contribution in [1.82, 2.24) is 5.32 Å². The second kappa shape index (κ2) is 7.35. The van der Waals surface area contributed by atoms with Gasteiger partial charge in [0.1, 0.15) is 6.42 Å². The Morgan fingerprint density at radius 3 is 2.63 bits per heavy atom. The first-order valence-corrected chi connectivity index (χ1v) is 5.72. The third-order valence-electron chi connectivity index (χ3n) is 2.48. The highest BCUT2D eigenvalue weighted by atomic mass is 19.1. The Morgan fingerprint density at radius 1 is 1.32 bits per heavy atom. The van der Waals surface area contributed by atoms with Gasteiger partial charge < -0.3 is 14.8 Å². The fourth-order valence-corrected chi connectivity index (χ4v) is 1.48. The molecule has 0 heterocycles. The molecule has 0 aromatic heterocycles. The lowest BCUT2D eigenvalue weighted by Gasteiger charge is -2.06. The van der Waals surface area contributed by atoms with Gasteiger partial charge in [-0.25, -0.2) is 4.39 Å². The molecule has 0 aliphatic heterocycles. The minimum atomic E-state index is -0.590. The number of ether oxygens (including phenoxy) is 2. The lowest BCUT2D eigenvalue weighted by atomic mass is 10.1. The van der Waals surface area contributed by atoms with E-state index in [-0.39, 0.29) is 12.2 Å². The van der Waals surface area contributed by atoms with Gasteiger partial charge in [-0.2, -0.15) is 0 Å². The Hall–Kier alpha value is -2.11. The number of carbonyl (C=O) groups is 2. The molecule has 104 valence electrons. The molecule has 0 fully saturated rings. The number of nitrogens with one attached hydrogen (secondary N) is 1. The molecule has 0 bridgehead atoms. The molecule has 1 aromatic rings. The molecule has 1 N–H and O–H groups in total. The monoisotopic (exact) mass is 269 g/mol. The highest BCUT2D eigenvalue weighted by Crippen LogP contribution is 2.17. The van der Waals surface area contributed by atoms with Gasteiger partial charge in [-0.05, 0) is 24.1 Å². The maximum absolute atomic E-state index is 13.4. The van der Waals surface area contributed by atoms with Crippen molar-refractivity contribution in [1.29, 1.82) is 0 Å². The summed E-state index contributed by atoms with van der Waals surface area (Å²) in [6, 6.07) is 4.60. The molecule has 0 unspecified atom stereocenters. The average Bonchev–Trinajstić information content (AvgIpc) is 2.38. The van der Waals surface area contributed by atoms with Crippen LogP contribution in [-0.2, 0) is 20.7 Å². The summed E-state index contributed by atoms with van der Waals surface area (Å²) >= 11 is 0. The van der Waals surface area contributed by atoms with Crippen molar-refractivity contribution in [3.8, 4) is 5.75 Å². The van der Waals surface area contributed by atoms with E-state index in [9.17, 15) is 14.0 Å². The Bertz CT molecular complexity index is 462. The zero-order chi connectivity index (χ0) is 14.3. The highest BCUT2D eigenvalue weighted by Gasteiger charge is 2.09. The number of methoxy groups -OCH3 is 2. The van der Waals surface area contributed by atoms with Gasteiger partial charge in [-0.15, -0.1) is 0 Å². The zero-order valence-corrected chi connectivity index (χ0v) is 10.9. The molecule has 5 nitrogen and oxygen atoms in total. The molecule has 0 atom stereocenters. The normalized spacial score (nSPS) is 9.84. The van der Waals surface area contributed by atoms with Gasteiger partial charge in [0.2, 0.25) is 5.91 Å². The fourth-order valence-electron chi connectivity index (χ4n) is 1.48. The van der Waals surface area contributed by atoms with E-state index in [1.807, 2.05) is 0 Å². The summed E-state index contributed by atoms with van der Waals surface area (Å²) < 4.78 is 22.5. The average molecular weight is 269 g/mol. The molecule has 0 radical (unpaired) electrons. The second-order valence-electron chi connectivity index (χ2n) is 3.82. The molecule has 1 rings (SSSR count). The van der Waals surface area contributed by atoms with Crippen molar-refractivity contribution >= 4 is 11.9 Å². The van der Waals surface area contributed by atoms with Crippen molar-refractivity contribution in [2.24, 2.45) is 0 Å². The first-order valence-electron chi connectivity index (χ1n) is 5.72. The van der Waals surface area contributed by atoms with Crippen LogP contribution in [0.3, 0.4) is 0 Å². The van der Waals surface area contributed by atoms with Crippen LogP contribution in [0.1, 0.15) is 12.0 Å². The van der Waals surface area contributed by atoms with Crippen LogP contribution in [0, 0.1) is 5.82 Å². The van der Waals surface area contributed by atoms with Crippen molar-refractivity contribution in [2.45, 2.75) is 12.8 Å². The standard InChI is InChI=1S/C13H16FNO4/c1-18-11-4-3-9(7-10(11)14)5-6-15-12(16)8-13(17)19-2/h3-4,7H,5-6,8H2,1-2H3,(H,15,16). The van der Waals surface area contributed by atoms with Crippen LogP contribution in [0.25, 0.3) is 0 Å². The van der Waals surface area contributed by atoms with E-state index in [0.717, 1.165) is 5.56 Å².